The quantitative estimate of drug-likeness (QED) is 0.0816. The number of rotatable bonds is 27. The summed E-state index contributed by atoms with van der Waals surface area (Å²) in [4.78, 5) is 0. The average Bonchev–Trinajstić information content (AvgIpc) is 2.77. The minimum Gasteiger partial charge on any atom is -1.00 e. The first-order valence-corrected chi connectivity index (χ1v) is 15.4. The summed E-state index contributed by atoms with van der Waals surface area (Å²) in [7, 11) is 4.91. The fourth-order valence-corrected chi connectivity index (χ4v) is 5.05. The topological polar surface area (TPSA) is 0 Å². The summed E-state index contributed by atoms with van der Waals surface area (Å²) in [5, 5.41) is 0. The molecule has 1 nitrogen and oxygen atoms in total. The van der Waals surface area contributed by atoms with Gasteiger partial charge in [-0.25, -0.2) is 0 Å². The Morgan fingerprint density at radius 1 is 0.303 bits per heavy atom. The highest BCUT2D eigenvalue weighted by molar-refractivity contribution is 4.51. The summed E-state index contributed by atoms with van der Waals surface area (Å²) >= 11 is 0. The SMILES string of the molecule is CCCCCCCCCCCCCCCCCC[N+](C)(C)CCCCCCCCCCC.[Cl-]. The second kappa shape index (κ2) is 28.5. The maximum atomic E-state index is 2.45. The van der Waals surface area contributed by atoms with Crippen LogP contribution in [0.2, 0.25) is 0 Å². The van der Waals surface area contributed by atoms with Crippen LogP contribution in [0.15, 0.2) is 0 Å². The molecule has 0 aromatic carbocycles. The lowest BCUT2D eigenvalue weighted by Gasteiger charge is -2.30. The monoisotopic (exact) mass is 487 g/mol. The molecule has 0 saturated heterocycles. The Labute approximate surface area is 218 Å². The maximum absolute atomic E-state index is 2.45. The molecule has 0 bridgehead atoms. The number of hydrogen-bond donors (Lipinski definition) is 0. The van der Waals surface area contributed by atoms with Crippen molar-refractivity contribution in [3.8, 4) is 0 Å². The molecule has 0 fully saturated rings. The molecule has 0 radical (unpaired) electrons. The summed E-state index contributed by atoms with van der Waals surface area (Å²) in [6.45, 7) is 7.38. The van der Waals surface area contributed by atoms with Crippen LogP contribution in [-0.2, 0) is 0 Å². The number of nitrogens with zero attached hydrogens (tertiary/aromatic N) is 1. The summed E-state index contributed by atoms with van der Waals surface area (Å²) in [6, 6.07) is 0. The Kier molecular flexibility index (Phi) is 30.6. The molecule has 2 heteroatoms. The lowest BCUT2D eigenvalue weighted by molar-refractivity contribution is -0.890. The van der Waals surface area contributed by atoms with Crippen molar-refractivity contribution in [1.82, 2.24) is 0 Å². The van der Waals surface area contributed by atoms with E-state index in [0.717, 1.165) is 0 Å². The van der Waals surface area contributed by atoms with Crippen molar-refractivity contribution in [3.63, 3.8) is 0 Å². The lowest BCUT2D eigenvalue weighted by Crippen LogP contribution is -3.00. The maximum Gasteiger partial charge on any atom is 0.0782 e. The van der Waals surface area contributed by atoms with Gasteiger partial charge in [0.2, 0.25) is 0 Å². The number of hydrogen-bond acceptors (Lipinski definition) is 0. The molecule has 33 heavy (non-hydrogen) atoms. The van der Waals surface area contributed by atoms with E-state index >= 15 is 0 Å². The molecule has 202 valence electrons. The van der Waals surface area contributed by atoms with Gasteiger partial charge in [0.1, 0.15) is 0 Å². The third kappa shape index (κ3) is 30.2. The van der Waals surface area contributed by atoms with Crippen molar-refractivity contribution < 1.29 is 16.9 Å². The zero-order valence-corrected chi connectivity index (χ0v) is 24.7. The molecule has 0 aromatic heterocycles. The molecule has 0 spiro atoms. The van der Waals surface area contributed by atoms with E-state index in [9.17, 15) is 0 Å². The van der Waals surface area contributed by atoms with E-state index in [1.54, 1.807) is 0 Å². The molecule has 0 aliphatic rings. The first kappa shape index (κ1) is 35.4. The van der Waals surface area contributed by atoms with E-state index in [2.05, 4.69) is 27.9 Å². The normalized spacial score (nSPS) is 11.6. The van der Waals surface area contributed by atoms with Crippen molar-refractivity contribution in [1.29, 1.82) is 0 Å². The average molecular weight is 488 g/mol. The summed E-state index contributed by atoms with van der Waals surface area (Å²) in [6.07, 6.45) is 36.5. The Morgan fingerprint density at radius 2 is 0.485 bits per heavy atom. The van der Waals surface area contributed by atoms with Gasteiger partial charge in [-0.1, -0.05) is 149 Å². The van der Waals surface area contributed by atoms with Crippen molar-refractivity contribution in [3.05, 3.63) is 0 Å². The largest absolute Gasteiger partial charge is 1.00 e. The predicted octanol–water partition coefficient (Wildman–Crippen LogP) is 7.86. The fraction of sp³-hybridized carbons (Fsp3) is 1.00. The van der Waals surface area contributed by atoms with Gasteiger partial charge in [-0.3, -0.25) is 0 Å². The molecular formula is C31H66ClN. The molecule has 0 saturated carbocycles. The van der Waals surface area contributed by atoms with Gasteiger partial charge in [-0.15, -0.1) is 0 Å². The lowest BCUT2D eigenvalue weighted by atomic mass is 10.0. The standard InChI is InChI=1S/C31H66N.ClH/c1-5-7-9-11-13-15-16-17-18-19-20-21-23-25-27-29-31-32(3,4)30-28-26-24-22-14-12-10-8-6-2;/h5-31H2,1-4H3;1H/q+1;/p-1. The Morgan fingerprint density at radius 3 is 0.697 bits per heavy atom. The highest BCUT2D eigenvalue weighted by atomic mass is 35.5. The van der Waals surface area contributed by atoms with Crippen molar-refractivity contribution in [2.24, 2.45) is 0 Å². The Balaban J connectivity index is 0. The Bertz CT molecular complexity index is 342. The zero-order chi connectivity index (χ0) is 23.6. The van der Waals surface area contributed by atoms with Crippen molar-refractivity contribution in [2.75, 3.05) is 27.2 Å². The molecule has 0 amide bonds. The summed E-state index contributed by atoms with van der Waals surface area (Å²) in [5.74, 6) is 0. The number of halogens is 1. The van der Waals surface area contributed by atoms with Crippen molar-refractivity contribution >= 4 is 0 Å². The highest BCUT2D eigenvalue weighted by Crippen LogP contribution is 2.15. The molecule has 0 aliphatic heterocycles. The Hall–Kier alpha value is 0.250. The summed E-state index contributed by atoms with van der Waals surface area (Å²) < 4.78 is 1.25. The molecule has 0 atom stereocenters. The number of unbranched alkanes of at least 4 members (excludes halogenated alkanes) is 23. The van der Waals surface area contributed by atoms with E-state index in [4.69, 9.17) is 0 Å². The van der Waals surface area contributed by atoms with Gasteiger partial charge in [0.15, 0.2) is 0 Å². The van der Waals surface area contributed by atoms with Gasteiger partial charge in [0.05, 0.1) is 27.2 Å². The van der Waals surface area contributed by atoms with E-state index in [0.29, 0.717) is 0 Å². The van der Waals surface area contributed by atoms with E-state index < -0.39 is 0 Å². The second-order valence-electron chi connectivity index (χ2n) is 11.5. The van der Waals surface area contributed by atoms with Gasteiger partial charge in [0, 0.05) is 0 Å². The minimum absolute atomic E-state index is 0. The molecular weight excluding hydrogens is 422 g/mol. The van der Waals surface area contributed by atoms with Gasteiger partial charge in [-0.2, -0.15) is 0 Å². The van der Waals surface area contributed by atoms with Gasteiger partial charge >= 0.3 is 0 Å². The van der Waals surface area contributed by atoms with Gasteiger partial charge < -0.3 is 16.9 Å². The fourth-order valence-electron chi connectivity index (χ4n) is 5.05. The van der Waals surface area contributed by atoms with Crippen molar-refractivity contribution in [2.45, 2.75) is 174 Å². The van der Waals surface area contributed by atoms with E-state index in [1.165, 1.54) is 178 Å². The molecule has 0 N–H and O–H groups in total. The third-order valence-corrected chi connectivity index (χ3v) is 7.48. The second-order valence-corrected chi connectivity index (χ2v) is 11.5. The highest BCUT2D eigenvalue weighted by Gasteiger charge is 2.13. The molecule has 0 aromatic rings. The van der Waals surface area contributed by atoms with E-state index in [1.807, 2.05) is 0 Å². The van der Waals surface area contributed by atoms with Crippen LogP contribution in [0.4, 0.5) is 0 Å². The van der Waals surface area contributed by atoms with Gasteiger partial charge in [0.25, 0.3) is 0 Å². The third-order valence-electron chi connectivity index (χ3n) is 7.48. The zero-order valence-electron chi connectivity index (χ0n) is 23.9. The molecule has 0 heterocycles. The van der Waals surface area contributed by atoms with E-state index in [-0.39, 0.29) is 12.4 Å². The minimum atomic E-state index is 0. The van der Waals surface area contributed by atoms with Crippen LogP contribution in [0.1, 0.15) is 174 Å². The summed E-state index contributed by atoms with van der Waals surface area (Å²) in [5.41, 5.74) is 0. The first-order chi connectivity index (χ1) is 15.6. The molecule has 0 aliphatic carbocycles. The smallest absolute Gasteiger partial charge is 0.0782 e. The number of quaternary nitrogens is 1. The molecule has 0 unspecified atom stereocenters. The first-order valence-electron chi connectivity index (χ1n) is 15.4. The molecule has 0 rings (SSSR count). The van der Waals surface area contributed by atoms with Crippen LogP contribution < -0.4 is 12.4 Å². The predicted molar refractivity (Wildman–Crippen MR) is 149 cm³/mol. The van der Waals surface area contributed by atoms with Crippen LogP contribution in [0.25, 0.3) is 0 Å². The van der Waals surface area contributed by atoms with Crippen LogP contribution in [-0.4, -0.2) is 31.7 Å². The van der Waals surface area contributed by atoms with Crippen LogP contribution in [0.5, 0.6) is 0 Å². The van der Waals surface area contributed by atoms with Crippen LogP contribution >= 0.6 is 0 Å². The van der Waals surface area contributed by atoms with Crippen LogP contribution in [0.3, 0.4) is 0 Å². The van der Waals surface area contributed by atoms with Crippen LogP contribution in [0, 0.1) is 0 Å². The van der Waals surface area contributed by atoms with Gasteiger partial charge in [-0.05, 0) is 25.7 Å².